The molecule has 4 N–H and O–H groups in total. The number of carbonyl (C=O) groups is 2. The molecule has 4 rings (SSSR count). The first-order valence-corrected chi connectivity index (χ1v) is 14.0. The van der Waals surface area contributed by atoms with Crippen LogP contribution < -0.4 is 30.1 Å². The van der Waals surface area contributed by atoms with Crippen molar-refractivity contribution in [3.63, 3.8) is 0 Å². The topological polar surface area (TPSA) is 124 Å². The van der Waals surface area contributed by atoms with E-state index in [1.165, 1.54) is 14.2 Å². The van der Waals surface area contributed by atoms with Crippen LogP contribution in [-0.2, 0) is 11.4 Å². The Kier molecular flexibility index (Phi) is 10.1. The van der Waals surface area contributed by atoms with E-state index >= 15 is 0 Å². The highest BCUT2D eigenvalue weighted by molar-refractivity contribution is 7.92. The Hall–Kier alpha value is -4.67. The fourth-order valence-corrected chi connectivity index (χ4v) is 5.17. The summed E-state index contributed by atoms with van der Waals surface area (Å²) in [4.78, 5) is 25.0. The van der Waals surface area contributed by atoms with Crippen molar-refractivity contribution in [2.45, 2.75) is 4.90 Å². The molecule has 0 fully saturated rings. The Morgan fingerprint density at radius 2 is 1.49 bits per heavy atom. The smallest absolute Gasteiger partial charge is 0.255 e. The minimum Gasteiger partial charge on any atom is -0.588 e. The number of carbonyl (C=O) groups excluding carboxylic acids is 2. The summed E-state index contributed by atoms with van der Waals surface area (Å²) in [5, 5.41) is 8.76. The maximum Gasteiger partial charge on any atom is 0.255 e. The molecule has 0 saturated carbocycles. The van der Waals surface area contributed by atoms with Crippen molar-refractivity contribution in [2.24, 2.45) is 0 Å². The van der Waals surface area contributed by atoms with Gasteiger partial charge >= 0.3 is 0 Å². The third kappa shape index (κ3) is 7.50. The fraction of sp³-hybridized carbons (Fsp3) is 0.161. The van der Waals surface area contributed by atoms with E-state index in [9.17, 15) is 14.1 Å². The molecule has 0 heterocycles. The van der Waals surface area contributed by atoms with Crippen LogP contribution in [-0.4, -0.2) is 50.7 Å². The normalized spacial score (nSPS) is 11.2. The van der Waals surface area contributed by atoms with E-state index in [-0.39, 0.29) is 11.8 Å². The van der Waals surface area contributed by atoms with E-state index in [0.29, 0.717) is 46.3 Å². The minimum atomic E-state index is -1.64. The molecule has 10 heteroatoms. The van der Waals surface area contributed by atoms with Crippen molar-refractivity contribution < 1.29 is 23.6 Å². The maximum absolute atomic E-state index is 13.4. The van der Waals surface area contributed by atoms with Gasteiger partial charge in [-0.25, -0.2) is 4.72 Å². The van der Waals surface area contributed by atoms with Gasteiger partial charge in [0.05, 0.1) is 25.5 Å². The number of amides is 2. The first kappa shape index (κ1) is 29.3. The summed E-state index contributed by atoms with van der Waals surface area (Å²) in [5.41, 5.74) is 4.06. The number of rotatable bonds is 12. The molecule has 0 spiro atoms. The fourth-order valence-electron chi connectivity index (χ4n) is 4.15. The van der Waals surface area contributed by atoms with Gasteiger partial charge in [0.15, 0.2) is 5.75 Å². The van der Waals surface area contributed by atoms with Gasteiger partial charge in [-0.15, -0.1) is 0 Å². The monoisotopic (exact) mass is 572 g/mol. The van der Waals surface area contributed by atoms with Crippen molar-refractivity contribution in [3.05, 3.63) is 102 Å². The molecule has 2 amide bonds. The van der Waals surface area contributed by atoms with Crippen LogP contribution in [0.15, 0.2) is 95.9 Å². The molecule has 1 unspecified atom stereocenters. The van der Waals surface area contributed by atoms with Gasteiger partial charge in [-0.05, 0) is 59.7 Å². The lowest BCUT2D eigenvalue weighted by Gasteiger charge is -2.16. The molecular formula is C31H32N4O5S. The molecule has 0 aliphatic rings. The van der Waals surface area contributed by atoms with Gasteiger partial charge in [0, 0.05) is 37.5 Å². The molecule has 0 bridgehead atoms. The quantitative estimate of drug-likeness (QED) is 0.143. The molecule has 4 aromatic rings. The van der Waals surface area contributed by atoms with Gasteiger partial charge in [0.2, 0.25) is 4.90 Å². The van der Waals surface area contributed by atoms with Crippen LogP contribution in [0.5, 0.6) is 11.5 Å². The Bertz CT molecular complexity index is 1510. The molecule has 1 atom stereocenters. The molecule has 0 aliphatic carbocycles. The number of para-hydroxylation sites is 1. The average molecular weight is 573 g/mol. The highest BCUT2D eigenvalue weighted by Crippen LogP contribution is 2.32. The Balaban J connectivity index is 1.40. The summed E-state index contributed by atoms with van der Waals surface area (Å²) in [5.74, 6) is 0.594. The third-order valence-electron chi connectivity index (χ3n) is 6.21. The molecule has 0 aliphatic heterocycles. The zero-order chi connectivity index (χ0) is 29.2. The summed E-state index contributed by atoms with van der Waals surface area (Å²) >= 11 is -1.64. The minimum absolute atomic E-state index is 0.182. The average Bonchev–Trinajstić information content (AvgIpc) is 3.02. The van der Waals surface area contributed by atoms with Gasteiger partial charge in [-0.1, -0.05) is 36.4 Å². The molecule has 4 aromatic carbocycles. The van der Waals surface area contributed by atoms with E-state index < -0.39 is 11.4 Å². The van der Waals surface area contributed by atoms with Crippen molar-refractivity contribution in [1.29, 1.82) is 0 Å². The lowest BCUT2D eigenvalue weighted by atomic mass is 10.0. The lowest BCUT2D eigenvalue weighted by molar-refractivity contribution is 0.0947. The van der Waals surface area contributed by atoms with Crippen molar-refractivity contribution in [3.8, 4) is 22.6 Å². The van der Waals surface area contributed by atoms with Crippen molar-refractivity contribution in [2.75, 3.05) is 44.4 Å². The van der Waals surface area contributed by atoms with Crippen LogP contribution in [0.2, 0.25) is 0 Å². The van der Waals surface area contributed by atoms with E-state index in [4.69, 9.17) is 9.47 Å². The van der Waals surface area contributed by atoms with Crippen LogP contribution >= 0.6 is 0 Å². The van der Waals surface area contributed by atoms with E-state index in [0.717, 1.165) is 16.8 Å². The number of nitrogens with one attached hydrogen (secondary N) is 4. The summed E-state index contributed by atoms with van der Waals surface area (Å²) in [7, 11) is 4.64. The standard InChI is InChI=1S/C31H32N4O5S/c1-32-30(36)23-9-6-8-21(18-23)22-14-15-28(40-3)29(19-22)41(38)35-25-11-7-10-24(20-25)33-16-17-34-31(37)26-12-4-5-13-27(26)39-2/h4-15,18-20,33,35H,16-17H2,1-3H3,(H,32,36)(H,34,37). The summed E-state index contributed by atoms with van der Waals surface area (Å²) in [6.45, 7) is 0.879. The molecule has 212 valence electrons. The van der Waals surface area contributed by atoms with Crippen LogP contribution in [0.4, 0.5) is 11.4 Å². The highest BCUT2D eigenvalue weighted by atomic mass is 32.2. The van der Waals surface area contributed by atoms with Gasteiger partial charge in [0.25, 0.3) is 11.8 Å². The Morgan fingerprint density at radius 3 is 2.27 bits per heavy atom. The van der Waals surface area contributed by atoms with Crippen molar-refractivity contribution in [1.82, 2.24) is 10.6 Å². The molecule has 0 saturated heterocycles. The second kappa shape index (κ2) is 14.1. The predicted octanol–water partition coefficient (Wildman–Crippen LogP) is 4.71. The number of methoxy groups -OCH3 is 2. The number of anilines is 2. The number of hydrogen-bond acceptors (Lipinski definition) is 7. The molecule has 9 nitrogen and oxygen atoms in total. The summed E-state index contributed by atoms with van der Waals surface area (Å²) in [6.07, 6.45) is 0. The van der Waals surface area contributed by atoms with Gasteiger partial charge in [-0.3, -0.25) is 9.59 Å². The van der Waals surface area contributed by atoms with Crippen LogP contribution in [0.3, 0.4) is 0 Å². The largest absolute Gasteiger partial charge is 0.588 e. The first-order chi connectivity index (χ1) is 19.9. The van der Waals surface area contributed by atoms with Crippen LogP contribution in [0.1, 0.15) is 20.7 Å². The molecule has 0 aromatic heterocycles. The van der Waals surface area contributed by atoms with Gasteiger partial charge < -0.3 is 30.0 Å². The number of benzene rings is 4. The van der Waals surface area contributed by atoms with Crippen molar-refractivity contribution >= 4 is 34.6 Å². The highest BCUT2D eigenvalue weighted by Gasteiger charge is 2.20. The maximum atomic E-state index is 13.4. The third-order valence-corrected chi connectivity index (χ3v) is 7.35. The SMILES string of the molecule is CNC(=O)c1cccc(-c2ccc(OC)c([S+]([O-])Nc3cccc(NCCNC(=O)c4ccccc4OC)c3)c2)c1. The van der Waals surface area contributed by atoms with Gasteiger partial charge in [-0.2, -0.15) is 0 Å². The Morgan fingerprint density at radius 1 is 0.756 bits per heavy atom. The van der Waals surface area contributed by atoms with E-state index in [2.05, 4.69) is 20.7 Å². The molecule has 41 heavy (non-hydrogen) atoms. The number of ether oxygens (including phenoxy) is 2. The summed E-state index contributed by atoms with van der Waals surface area (Å²) < 4.78 is 27.2. The van der Waals surface area contributed by atoms with E-state index in [1.807, 2.05) is 48.5 Å². The lowest BCUT2D eigenvalue weighted by Crippen LogP contribution is -2.29. The second-order valence-corrected chi connectivity index (χ2v) is 10.0. The van der Waals surface area contributed by atoms with Crippen LogP contribution in [0.25, 0.3) is 11.1 Å². The first-order valence-electron chi connectivity index (χ1n) is 12.9. The number of hydrogen-bond donors (Lipinski definition) is 4. The van der Waals surface area contributed by atoms with Crippen LogP contribution in [0, 0.1) is 0 Å². The van der Waals surface area contributed by atoms with Gasteiger partial charge in [0.1, 0.15) is 17.1 Å². The zero-order valence-corrected chi connectivity index (χ0v) is 23.8. The molecular weight excluding hydrogens is 540 g/mol. The predicted molar refractivity (Wildman–Crippen MR) is 162 cm³/mol. The summed E-state index contributed by atoms with van der Waals surface area (Å²) in [6, 6.07) is 27.1. The Labute approximate surface area is 242 Å². The zero-order valence-electron chi connectivity index (χ0n) is 23.0. The van der Waals surface area contributed by atoms with E-state index in [1.54, 1.807) is 49.5 Å². The second-order valence-electron chi connectivity index (χ2n) is 8.86. The molecule has 0 radical (unpaired) electrons.